The van der Waals surface area contributed by atoms with Gasteiger partial charge in [0.1, 0.15) is 0 Å². The zero-order chi connectivity index (χ0) is 13.1. The molecule has 0 unspecified atom stereocenters. The highest BCUT2D eigenvalue weighted by Gasteiger charge is 2.30. The van der Waals surface area contributed by atoms with Crippen molar-refractivity contribution in [1.82, 2.24) is 9.25 Å². The van der Waals surface area contributed by atoms with Crippen LogP contribution in [0.2, 0.25) is 0 Å². The van der Waals surface area contributed by atoms with Crippen molar-refractivity contribution < 1.29 is 25.9 Å². The van der Waals surface area contributed by atoms with Gasteiger partial charge < -0.3 is 0 Å². The van der Waals surface area contributed by atoms with E-state index in [0.717, 1.165) is 0 Å². The molecule has 0 aliphatic carbocycles. The third kappa shape index (κ3) is 4.38. The van der Waals surface area contributed by atoms with E-state index < -0.39 is 24.4 Å². The second-order valence-corrected chi connectivity index (χ2v) is 5.73. The Hall–Kier alpha value is -1.04. The Bertz CT molecular complexity index is 536. The third-order valence-electron chi connectivity index (χ3n) is 1.67. The fourth-order valence-corrected chi connectivity index (χ4v) is 2.44. The number of rotatable bonds is 5. The Balaban J connectivity index is 2.84. The van der Waals surface area contributed by atoms with Gasteiger partial charge in [-0.15, -0.1) is 0 Å². The number of hydrazine groups is 1. The summed E-state index contributed by atoms with van der Waals surface area (Å²) >= 11 is 0. The van der Waals surface area contributed by atoms with Crippen LogP contribution in [-0.2, 0) is 27.2 Å². The van der Waals surface area contributed by atoms with Gasteiger partial charge in [0, 0.05) is 10.4 Å². The monoisotopic (exact) mass is 282 g/mol. The van der Waals surface area contributed by atoms with Crippen LogP contribution in [0.15, 0.2) is 30.3 Å². The molecule has 17 heavy (non-hydrogen) atoms. The van der Waals surface area contributed by atoms with Gasteiger partial charge in [0.25, 0.3) is 0 Å². The lowest BCUT2D eigenvalue weighted by molar-refractivity contribution is 0.335. The first-order valence-electron chi connectivity index (χ1n) is 4.24. The summed E-state index contributed by atoms with van der Waals surface area (Å²) in [5, 5.41) is 0. The molecule has 96 valence electrons. The summed E-state index contributed by atoms with van der Waals surface area (Å²) in [7, 11) is -10.2. The molecule has 1 rings (SSSR count). The molecule has 0 aromatic heterocycles. The van der Waals surface area contributed by atoms with Crippen molar-refractivity contribution in [3.63, 3.8) is 0 Å². The van der Waals surface area contributed by atoms with E-state index in [9.17, 15) is 16.8 Å². The molecule has 0 fully saturated rings. The van der Waals surface area contributed by atoms with E-state index in [4.69, 9.17) is 9.11 Å². The lowest BCUT2D eigenvalue weighted by Gasteiger charge is -2.15. The van der Waals surface area contributed by atoms with Crippen molar-refractivity contribution in [3.05, 3.63) is 35.9 Å². The van der Waals surface area contributed by atoms with E-state index in [1.54, 1.807) is 30.3 Å². The number of benzene rings is 1. The van der Waals surface area contributed by atoms with Gasteiger partial charge >= 0.3 is 20.6 Å². The predicted octanol–water partition coefficient (Wildman–Crippen LogP) is -0.401. The number of hydrogen-bond acceptors (Lipinski definition) is 5. The molecule has 0 saturated heterocycles. The van der Waals surface area contributed by atoms with E-state index in [1.807, 2.05) is 5.43 Å². The standard InChI is InChI=1S/C7H10N2O6S2/c10-16(11,12)9(17(13,14)15)8-6-7-4-2-1-3-5-7/h1-5,8H,6H2,(H,10,11,12)(H,13,14,15). The zero-order valence-corrected chi connectivity index (χ0v) is 10.0. The Morgan fingerprint density at radius 3 is 1.88 bits per heavy atom. The first-order valence-corrected chi connectivity index (χ1v) is 7.03. The Morgan fingerprint density at radius 2 is 1.47 bits per heavy atom. The topological polar surface area (TPSA) is 124 Å². The largest absolute Gasteiger partial charge is 0.364 e. The van der Waals surface area contributed by atoms with E-state index in [2.05, 4.69) is 0 Å². The van der Waals surface area contributed by atoms with Gasteiger partial charge in [0.05, 0.1) is 0 Å². The molecular formula is C7H10N2O6S2. The van der Waals surface area contributed by atoms with Crippen LogP contribution >= 0.6 is 0 Å². The first kappa shape index (κ1) is 14.0. The molecule has 0 aliphatic rings. The van der Waals surface area contributed by atoms with Crippen molar-refractivity contribution in [2.45, 2.75) is 6.54 Å². The van der Waals surface area contributed by atoms with Crippen LogP contribution in [0.3, 0.4) is 0 Å². The first-order chi connectivity index (χ1) is 7.71. The minimum atomic E-state index is -5.11. The molecule has 1 aromatic rings. The summed E-state index contributed by atoms with van der Waals surface area (Å²) < 4.78 is 59.3. The summed E-state index contributed by atoms with van der Waals surface area (Å²) in [5.41, 5.74) is 2.43. The maximum atomic E-state index is 10.7. The van der Waals surface area contributed by atoms with Gasteiger partial charge in [-0.1, -0.05) is 30.3 Å². The van der Waals surface area contributed by atoms with Gasteiger partial charge in [-0.2, -0.15) is 16.8 Å². The van der Waals surface area contributed by atoms with Crippen molar-refractivity contribution in [1.29, 1.82) is 0 Å². The Labute approximate surface area is 98.6 Å². The highest BCUT2D eigenvalue weighted by atomic mass is 32.3. The summed E-state index contributed by atoms with van der Waals surface area (Å²) in [6.07, 6.45) is 0. The molecule has 0 saturated carbocycles. The minimum Gasteiger partial charge on any atom is -0.272 e. The fourth-order valence-electron chi connectivity index (χ4n) is 1.03. The van der Waals surface area contributed by atoms with E-state index in [-0.39, 0.29) is 6.54 Å². The molecular weight excluding hydrogens is 272 g/mol. The van der Waals surface area contributed by atoms with E-state index in [1.165, 1.54) is 0 Å². The summed E-state index contributed by atoms with van der Waals surface area (Å²) in [6.45, 7) is -0.208. The summed E-state index contributed by atoms with van der Waals surface area (Å²) in [4.78, 5) is 0. The molecule has 3 N–H and O–H groups in total. The highest BCUT2D eigenvalue weighted by Crippen LogP contribution is 2.03. The van der Waals surface area contributed by atoms with E-state index >= 15 is 0 Å². The number of nitrogens with zero attached hydrogens (tertiary/aromatic N) is 1. The zero-order valence-electron chi connectivity index (χ0n) is 8.38. The minimum absolute atomic E-state index is 0.208. The molecule has 0 aliphatic heterocycles. The Morgan fingerprint density at radius 1 is 1.00 bits per heavy atom. The summed E-state index contributed by atoms with van der Waals surface area (Å²) in [6, 6.07) is 8.22. The maximum Gasteiger partial charge on any atom is 0.364 e. The van der Waals surface area contributed by atoms with Gasteiger partial charge in [0.2, 0.25) is 0 Å². The molecule has 0 atom stereocenters. The van der Waals surface area contributed by atoms with Crippen LogP contribution in [0.5, 0.6) is 0 Å². The normalized spacial score (nSPS) is 12.9. The van der Waals surface area contributed by atoms with Crippen molar-refractivity contribution in [2.24, 2.45) is 0 Å². The molecule has 8 nitrogen and oxygen atoms in total. The lowest BCUT2D eigenvalue weighted by Crippen LogP contribution is -2.45. The molecule has 0 radical (unpaired) electrons. The maximum absolute atomic E-state index is 10.7. The van der Waals surface area contributed by atoms with Crippen LogP contribution in [0, 0.1) is 0 Å². The summed E-state index contributed by atoms with van der Waals surface area (Å²) in [5.74, 6) is 0. The Kier molecular flexibility index (Phi) is 4.19. The molecule has 0 amide bonds. The highest BCUT2D eigenvalue weighted by molar-refractivity contribution is 7.98. The predicted molar refractivity (Wildman–Crippen MR) is 58.2 cm³/mol. The van der Waals surface area contributed by atoms with Crippen LogP contribution in [-0.4, -0.2) is 29.8 Å². The van der Waals surface area contributed by atoms with Gasteiger partial charge in [-0.3, -0.25) is 9.11 Å². The van der Waals surface area contributed by atoms with Gasteiger partial charge in [-0.05, 0) is 5.56 Å². The quantitative estimate of drug-likeness (QED) is 0.495. The van der Waals surface area contributed by atoms with Crippen LogP contribution < -0.4 is 5.43 Å². The van der Waals surface area contributed by atoms with Gasteiger partial charge in [0.15, 0.2) is 0 Å². The average Bonchev–Trinajstić information content (AvgIpc) is 2.15. The smallest absolute Gasteiger partial charge is 0.272 e. The fraction of sp³-hybridized carbons (Fsp3) is 0.143. The van der Waals surface area contributed by atoms with Crippen molar-refractivity contribution >= 4 is 20.6 Å². The third-order valence-corrected chi connectivity index (χ3v) is 3.90. The number of nitrogens with one attached hydrogen (secondary N) is 1. The lowest BCUT2D eigenvalue weighted by atomic mass is 10.2. The molecule has 0 spiro atoms. The van der Waals surface area contributed by atoms with Crippen LogP contribution in [0.4, 0.5) is 0 Å². The van der Waals surface area contributed by atoms with Crippen LogP contribution in [0.1, 0.15) is 5.56 Å². The van der Waals surface area contributed by atoms with Crippen molar-refractivity contribution in [2.75, 3.05) is 0 Å². The second-order valence-electron chi connectivity index (χ2n) is 2.97. The van der Waals surface area contributed by atoms with Crippen molar-refractivity contribution in [3.8, 4) is 0 Å². The molecule has 10 heteroatoms. The van der Waals surface area contributed by atoms with E-state index in [0.29, 0.717) is 5.56 Å². The molecule has 0 heterocycles. The SMILES string of the molecule is O=S(=O)(O)N(NCc1ccccc1)S(=O)(=O)O. The second kappa shape index (κ2) is 5.08. The van der Waals surface area contributed by atoms with Gasteiger partial charge in [-0.25, -0.2) is 5.43 Å². The molecule has 0 bridgehead atoms. The molecule has 1 aromatic carbocycles. The van der Waals surface area contributed by atoms with Crippen LogP contribution in [0.25, 0.3) is 0 Å². The average molecular weight is 282 g/mol. The number of hydrogen-bond donors (Lipinski definition) is 3.